The van der Waals surface area contributed by atoms with E-state index < -0.39 is 62.0 Å². The van der Waals surface area contributed by atoms with Crippen molar-refractivity contribution < 1.29 is 44.9 Å². The molecular formula is C20H28O9. The first kappa shape index (κ1) is 22.3. The van der Waals surface area contributed by atoms with Gasteiger partial charge in [-0.05, 0) is 36.1 Å². The first-order valence-corrected chi connectivity index (χ1v) is 9.57. The van der Waals surface area contributed by atoms with Crippen LogP contribution in [0.1, 0.15) is 51.7 Å². The highest BCUT2D eigenvalue weighted by molar-refractivity contribution is 6.04. The van der Waals surface area contributed by atoms with E-state index in [4.69, 9.17) is 9.47 Å². The average molecular weight is 412 g/mol. The number of carbonyl (C=O) groups excluding carboxylic acids is 1. The van der Waals surface area contributed by atoms with Gasteiger partial charge < -0.3 is 40.1 Å². The van der Waals surface area contributed by atoms with E-state index in [9.17, 15) is 35.4 Å². The van der Waals surface area contributed by atoms with Gasteiger partial charge in [0.25, 0.3) is 0 Å². The number of hydrogen-bond donors (Lipinski definition) is 6. The van der Waals surface area contributed by atoms with E-state index in [1.54, 1.807) is 26.8 Å². The molecular weight excluding hydrogens is 384 g/mol. The van der Waals surface area contributed by atoms with Crippen molar-refractivity contribution >= 4 is 5.78 Å². The molecule has 0 bridgehead atoms. The van der Waals surface area contributed by atoms with Crippen molar-refractivity contribution in [1.29, 1.82) is 0 Å². The molecule has 1 aromatic rings. The van der Waals surface area contributed by atoms with Gasteiger partial charge in [-0.2, -0.15) is 0 Å². The van der Waals surface area contributed by atoms with E-state index in [2.05, 4.69) is 0 Å². The van der Waals surface area contributed by atoms with Crippen molar-refractivity contribution in [3.8, 4) is 0 Å². The van der Waals surface area contributed by atoms with Crippen LogP contribution in [0, 0.1) is 19.8 Å². The first-order chi connectivity index (χ1) is 13.6. The van der Waals surface area contributed by atoms with E-state index >= 15 is 0 Å². The molecule has 1 aliphatic heterocycles. The molecule has 1 saturated heterocycles. The molecule has 6 N–H and O–H groups in total. The minimum absolute atomic E-state index is 0.210. The SMILES string of the molecule is Cc1cc2c(c(C)c1C(O)CO)C(=O)C(C)C2OC1OC(CO)C(O)C(O)C1O. The summed E-state index contributed by atoms with van der Waals surface area (Å²) in [6, 6.07) is 1.70. The quantitative estimate of drug-likeness (QED) is 0.358. The summed E-state index contributed by atoms with van der Waals surface area (Å²) in [5, 5.41) is 58.9. The third-order valence-corrected chi connectivity index (χ3v) is 5.92. The summed E-state index contributed by atoms with van der Waals surface area (Å²) in [6.45, 7) is 4.05. The smallest absolute Gasteiger partial charge is 0.187 e. The average Bonchev–Trinajstić information content (AvgIpc) is 2.92. The summed E-state index contributed by atoms with van der Waals surface area (Å²) in [4.78, 5) is 12.9. The number of rotatable bonds is 5. The molecule has 162 valence electrons. The van der Waals surface area contributed by atoms with Crippen LogP contribution in [-0.2, 0) is 9.47 Å². The molecule has 1 aromatic carbocycles. The summed E-state index contributed by atoms with van der Waals surface area (Å²) in [7, 11) is 0. The van der Waals surface area contributed by atoms with Gasteiger partial charge >= 0.3 is 0 Å². The third-order valence-electron chi connectivity index (χ3n) is 5.92. The Morgan fingerprint density at radius 1 is 1.14 bits per heavy atom. The Hall–Kier alpha value is -1.43. The number of ether oxygens (including phenoxy) is 2. The maximum absolute atomic E-state index is 12.9. The van der Waals surface area contributed by atoms with Crippen LogP contribution in [0.25, 0.3) is 0 Å². The van der Waals surface area contributed by atoms with Crippen molar-refractivity contribution in [3.63, 3.8) is 0 Å². The van der Waals surface area contributed by atoms with Crippen LogP contribution in [0.4, 0.5) is 0 Å². The predicted molar refractivity (Wildman–Crippen MR) is 99.0 cm³/mol. The molecule has 8 atom stereocenters. The van der Waals surface area contributed by atoms with Crippen LogP contribution in [0.3, 0.4) is 0 Å². The summed E-state index contributed by atoms with van der Waals surface area (Å²) in [5.74, 6) is -0.838. The number of benzene rings is 1. The molecule has 0 amide bonds. The van der Waals surface area contributed by atoms with Crippen molar-refractivity contribution in [2.45, 2.75) is 63.7 Å². The number of ketones is 1. The largest absolute Gasteiger partial charge is 0.394 e. The van der Waals surface area contributed by atoms with Crippen LogP contribution >= 0.6 is 0 Å². The monoisotopic (exact) mass is 412 g/mol. The highest BCUT2D eigenvalue weighted by atomic mass is 16.7. The van der Waals surface area contributed by atoms with E-state index in [0.29, 0.717) is 27.8 Å². The second-order valence-corrected chi connectivity index (χ2v) is 7.80. The zero-order chi connectivity index (χ0) is 21.6. The lowest BCUT2D eigenvalue weighted by Crippen LogP contribution is -2.59. The Morgan fingerprint density at radius 3 is 2.38 bits per heavy atom. The van der Waals surface area contributed by atoms with Gasteiger partial charge in [-0.1, -0.05) is 13.0 Å². The minimum atomic E-state index is -1.58. The molecule has 3 rings (SSSR count). The Bertz CT molecular complexity index is 778. The van der Waals surface area contributed by atoms with Crippen molar-refractivity contribution in [2.24, 2.45) is 5.92 Å². The Labute approximate surface area is 168 Å². The normalized spacial score (nSPS) is 35.6. The highest BCUT2D eigenvalue weighted by Gasteiger charge is 2.48. The van der Waals surface area contributed by atoms with Gasteiger partial charge in [0.05, 0.1) is 25.2 Å². The molecule has 1 fully saturated rings. The van der Waals surface area contributed by atoms with Gasteiger partial charge in [0.15, 0.2) is 12.1 Å². The maximum atomic E-state index is 12.9. The van der Waals surface area contributed by atoms with Gasteiger partial charge in [-0.15, -0.1) is 0 Å². The maximum Gasteiger partial charge on any atom is 0.187 e. The number of fused-ring (bicyclic) bond motifs is 1. The molecule has 0 saturated carbocycles. The van der Waals surface area contributed by atoms with E-state index in [1.807, 2.05) is 0 Å². The Kier molecular flexibility index (Phi) is 6.42. The fraction of sp³-hybridized carbons (Fsp3) is 0.650. The molecule has 2 aliphatic rings. The van der Waals surface area contributed by atoms with Gasteiger partial charge in [0, 0.05) is 5.56 Å². The zero-order valence-corrected chi connectivity index (χ0v) is 16.5. The number of hydrogen-bond acceptors (Lipinski definition) is 9. The molecule has 8 unspecified atom stereocenters. The summed E-state index contributed by atoms with van der Waals surface area (Å²) in [6.07, 6.45) is -9.04. The summed E-state index contributed by atoms with van der Waals surface area (Å²) < 4.78 is 11.3. The van der Waals surface area contributed by atoms with Gasteiger partial charge in [-0.25, -0.2) is 0 Å². The minimum Gasteiger partial charge on any atom is -0.394 e. The van der Waals surface area contributed by atoms with Crippen molar-refractivity contribution in [1.82, 2.24) is 0 Å². The lowest BCUT2D eigenvalue weighted by molar-refractivity contribution is -0.314. The molecule has 0 spiro atoms. The number of aryl methyl sites for hydroxylation is 1. The first-order valence-electron chi connectivity index (χ1n) is 9.57. The lowest BCUT2D eigenvalue weighted by atomic mass is 9.91. The van der Waals surface area contributed by atoms with Gasteiger partial charge in [-0.3, -0.25) is 4.79 Å². The zero-order valence-electron chi connectivity index (χ0n) is 16.5. The topological polar surface area (TPSA) is 157 Å². The summed E-state index contributed by atoms with van der Waals surface area (Å²) in [5.41, 5.74) is 2.66. The molecule has 1 heterocycles. The number of Topliss-reactive ketones (excluding diaryl/α,β-unsaturated/α-hetero) is 1. The van der Waals surface area contributed by atoms with E-state index in [1.165, 1.54) is 0 Å². The van der Waals surface area contributed by atoms with Crippen LogP contribution in [-0.4, -0.2) is 80.3 Å². The number of aliphatic hydroxyl groups is 6. The van der Waals surface area contributed by atoms with Crippen LogP contribution < -0.4 is 0 Å². The Morgan fingerprint density at radius 2 is 1.79 bits per heavy atom. The number of aliphatic hydroxyl groups excluding tert-OH is 6. The number of carbonyl (C=O) groups is 1. The second kappa shape index (κ2) is 8.37. The summed E-state index contributed by atoms with van der Waals surface area (Å²) >= 11 is 0. The Balaban J connectivity index is 1.96. The van der Waals surface area contributed by atoms with Gasteiger partial charge in [0.1, 0.15) is 30.5 Å². The fourth-order valence-electron chi connectivity index (χ4n) is 4.34. The van der Waals surface area contributed by atoms with Crippen LogP contribution in [0.2, 0.25) is 0 Å². The molecule has 0 aromatic heterocycles. The second-order valence-electron chi connectivity index (χ2n) is 7.80. The van der Waals surface area contributed by atoms with Crippen LogP contribution in [0.5, 0.6) is 0 Å². The van der Waals surface area contributed by atoms with E-state index in [-0.39, 0.29) is 5.78 Å². The van der Waals surface area contributed by atoms with E-state index in [0.717, 1.165) is 0 Å². The highest BCUT2D eigenvalue weighted by Crippen LogP contribution is 2.44. The third kappa shape index (κ3) is 3.62. The fourth-order valence-corrected chi connectivity index (χ4v) is 4.34. The predicted octanol–water partition coefficient (Wildman–Crippen LogP) is -0.981. The van der Waals surface area contributed by atoms with Gasteiger partial charge in [0.2, 0.25) is 0 Å². The van der Waals surface area contributed by atoms with Crippen molar-refractivity contribution in [2.75, 3.05) is 13.2 Å². The molecule has 29 heavy (non-hydrogen) atoms. The van der Waals surface area contributed by atoms with Crippen molar-refractivity contribution in [3.05, 3.63) is 33.9 Å². The molecule has 9 nitrogen and oxygen atoms in total. The molecule has 1 aliphatic carbocycles. The lowest BCUT2D eigenvalue weighted by Gasteiger charge is -2.41. The molecule has 9 heteroatoms. The standard InChI is InChI=1S/C20H28O9/c1-7-4-10-14(8(2)13(7)11(23)5-21)15(24)9(3)19(10)29-20-18(27)17(26)16(25)12(6-22)28-20/h4,9,11-12,16-23,25-27H,5-6H2,1-3H3. The molecule has 0 radical (unpaired) electrons. The van der Waals surface area contributed by atoms with Crippen LogP contribution in [0.15, 0.2) is 6.07 Å².